The molecule has 0 aromatic heterocycles. The van der Waals surface area contributed by atoms with Gasteiger partial charge in [0.1, 0.15) is 0 Å². The number of carbonyl (C=O) groups is 1. The summed E-state index contributed by atoms with van der Waals surface area (Å²) < 4.78 is 64.6. The highest BCUT2D eigenvalue weighted by molar-refractivity contribution is 7.89. The second-order valence-electron chi connectivity index (χ2n) is 5.13. The summed E-state index contributed by atoms with van der Waals surface area (Å²) in [6.07, 6.45) is -4.50. The highest BCUT2D eigenvalue weighted by Gasteiger charge is 2.30. The molecule has 0 spiro atoms. The smallest absolute Gasteiger partial charge is 0.355 e. The highest BCUT2D eigenvalue weighted by Crippen LogP contribution is 2.29. The van der Waals surface area contributed by atoms with E-state index in [0.29, 0.717) is 5.56 Å². The first kappa shape index (κ1) is 18.9. The summed E-state index contributed by atoms with van der Waals surface area (Å²) >= 11 is 0. The van der Waals surface area contributed by atoms with Crippen LogP contribution < -0.4 is 10.0 Å². The molecule has 2 aromatic rings. The molecule has 0 bridgehead atoms. The molecule has 0 atom stereocenters. The molecule has 0 radical (unpaired) electrons. The van der Waals surface area contributed by atoms with Crippen LogP contribution in [-0.4, -0.2) is 21.4 Å². The molecule has 0 saturated heterocycles. The average Bonchev–Trinajstić information content (AvgIpc) is 2.59. The largest absolute Gasteiger partial charge is 0.416 e. The number of nitrogens with one attached hydrogen (secondary N) is 2. The Hall–Kier alpha value is -2.39. The van der Waals surface area contributed by atoms with Crippen LogP contribution in [0, 0.1) is 0 Å². The molecule has 5 nitrogen and oxygen atoms in total. The summed E-state index contributed by atoms with van der Waals surface area (Å²) in [6.45, 7) is -0.288. The van der Waals surface area contributed by atoms with Gasteiger partial charge >= 0.3 is 6.18 Å². The van der Waals surface area contributed by atoms with Crippen LogP contribution in [0.3, 0.4) is 0 Å². The number of rotatable bonds is 5. The van der Waals surface area contributed by atoms with E-state index < -0.39 is 21.8 Å². The van der Waals surface area contributed by atoms with Crippen molar-refractivity contribution >= 4 is 15.9 Å². The summed E-state index contributed by atoms with van der Waals surface area (Å²) in [5, 5.41) is 2.41. The Bertz CT molecular complexity index is 863. The lowest BCUT2D eigenvalue weighted by atomic mass is 10.1. The lowest BCUT2D eigenvalue weighted by Crippen LogP contribution is -2.24. The van der Waals surface area contributed by atoms with Crippen LogP contribution in [0.15, 0.2) is 53.4 Å². The van der Waals surface area contributed by atoms with Crippen LogP contribution in [-0.2, 0) is 22.7 Å². The Balaban J connectivity index is 2.13. The molecule has 134 valence electrons. The molecule has 2 N–H and O–H groups in total. The zero-order valence-corrected chi connectivity index (χ0v) is 13.9. The van der Waals surface area contributed by atoms with E-state index in [1.807, 2.05) is 0 Å². The first-order valence-electron chi connectivity index (χ1n) is 7.11. The lowest BCUT2D eigenvalue weighted by Gasteiger charge is -2.10. The maximum Gasteiger partial charge on any atom is 0.416 e. The fourth-order valence-electron chi connectivity index (χ4n) is 2.05. The first-order chi connectivity index (χ1) is 11.6. The maximum absolute atomic E-state index is 12.7. The third-order valence-corrected chi connectivity index (χ3v) is 4.79. The van der Waals surface area contributed by atoms with Gasteiger partial charge in [0.15, 0.2) is 0 Å². The summed E-state index contributed by atoms with van der Waals surface area (Å²) in [5.74, 6) is -0.360. The fraction of sp³-hybridized carbons (Fsp3) is 0.188. The summed E-state index contributed by atoms with van der Waals surface area (Å²) in [7, 11) is -2.47. The molecular formula is C16H15F3N2O3S. The van der Waals surface area contributed by atoms with E-state index in [-0.39, 0.29) is 22.9 Å². The normalized spacial score (nSPS) is 12.0. The van der Waals surface area contributed by atoms with Crippen LogP contribution in [0.2, 0.25) is 0 Å². The van der Waals surface area contributed by atoms with Gasteiger partial charge in [0.2, 0.25) is 10.0 Å². The minimum Gasteiger partial charge on any atom is -0.355 e. The number of halogens is 3. The van der Waals surface area contributed by atoms with Crippen molar-refractivity contribution in [3.8, 4) is 0 Å². The van der Waals surface area contributed by atoms with Crippen molar-refractivity contribution in [1.29, 1.82) is 0 Å². The van der Waals surface area contributed by atoms with Gasteiger partial charge in [-0.2, -0.15) is 13.2 Å². The third-order valence-electron chi connectivity index (χ3n) is 3.37. The van der Waals surface area contributed by atoms with Gasteiger partial charge in [0.05, 0.1) is 10.5 Å². The molecule has 0 aliphatic rings. The number of sulfonamides is 1. The minimum atomic E-state index is -4.50. The molecular weight excluding hydrogens is 357 g/mol. The van der Waals surface area contributed by atoms with Gasteiger partial charge in [-0.1, -0.05) is 18.2 Å². The van der Waals surface area contributed by atoms with Crippen LogP contribution in [0.25, 0.3) is 0 Å². The Labute approximate surface area is 142 Å². The molecule has 2 rings (SSSR count). The molecule has 0 aliphatic carbocycles. The van der Waals surface area contributed by atoms with Gasteiger partial charge in [0.25, 0.3) is 5.91 Å². The van der Waals surface area contributed by atoms with E-state index in [9.17, 15) is 26.4 Å². The van der Waals surface area contributed by atoms with E-state index in [0.717, 1.165) is 12.1 Å². The van der Waals surface area contributed by atoms with E-state index in [2.05, 4.69) is 10.0 Å². The maximum atomic E-state index is 12.7. The van der Waals surface area contributed by atoms with Gasteiger partial charge in [-0.3, -0.25) is 4.79 Å². The molecule has 0 unspecified atom stereocenters. The number of benzene rings is 2. The zero-order valence-electron chi connectivity index (χ0n) is 13.1. The van der Waals surface area contributed by atoms with Crippen LogP contribution in [0.5, 0.6) is 0 Å². The molecule has 0 heterocycles. The highest BCUT2D eigenvalue weighted by atomic mass is 32.2. The molecule has 25 heavy (non-hydrogen) atoms. The van der Waals surface area contributed by atoms with Gasteiger partial charge in [-0.15, -0.1) is 0 Å². The van der Waals surface area contributed by atoms with Crippen molar-refractivity contribution in [3.63, 3.8) is 0 Å². The Morgan fingerprint density at radius 2 is 1.72 bits per heavy atom. The predicted molar refractivity (Wildman–Crippen MR) is 85.3 cm³/mol. The molecule has 1 amide bonds. The fourth-order valence-corrected chi connectivity index (χ4v) is 3.07. The zero-order chi connectivity index (χ0) is 18.7. The van der Waals surface area contributed by atoms with Crippen LogP contribution in [0.4, 0.5) is 13.2 Å². The van der Waals surface area contributed by atoms with E-state index in [1.54, 1.807) is 0 Å². The van der Waals surface area contributed by atoms with E-state index >= 15 is 0 Å². The quantitative estimate of drug-likeness (QED) is 0.847. The Kier molecular flexibility index (Phi) is 5.48. The van der Waals surface area contributed by atoms with Crippen molar-refractivity contribution in [2.24, 2.45) is 0 Å². The number of hydrogen-bond acceptors (Lipinski definition) is 3. The SMILES string of the molecule is CNC(=O)c1ccc(S(=O)(=O)NCc2cccc(C(F)(F)F)c2)cc1. The van der Waals surface area contributed by atoms with E-state index in [4.69, 9.17) is 0 Å². The van der Waals surface area contributed by atoms with Crippen molar-refractivity contribution in [3.05, 3.63) is 65.2 Å². The number of hydrogen-bond donors (Lipinski definition) is 2. The van der Waals surface area contributed by atoms with E-state index in [1.165, 1.54) is 43.4 Å². The molecule has 0 fully saturated rings. The number of alkyl halides is 3. The van der Waals surface area contributed by atoms with Gasteiger partial charge in [-0.05, 0) is 35.9 Å². The topological polar surface area (TPSA) is 75.3 Å². The summed E-state index contributed by atoms with van der Waals surface area (Å²) in [4.78, 5) is 11.3. The monoisotopic (exact) mass is 372 g/mol. The van der Waals surface area contributed by atoms with Gasteiger partial charge in [0, 0.05) is 19.2 Å². The van der Waals surface area contributed by atoms with Crippen molar-refractivity contribution < 1.29 is 26.4 Å². The lowest BCUT2D eigenvalue weighted by molar-refractivity contribution is -0.137. The Morgan fingerprint density at radius 3 is 2.28 bits per heavy atom. The molecule has 0 aliphatic heterocycles. The second-order valence-corrected chi connectivity index (χ2v) is 6.89. The van der Waals surface area contributed by atoms with Gasteiger partial charge in [-0.25, -0.2) is 13.1 Å². The number of carbonyl (C=O) groups excluding carboxylic acids is 1. The van der Waals surface area contributed by atoms with Crippen molar-refractivity contribution in [2.45, 2.75) is 17.6 Å². The first-order valence-corrected chi connectivity index (χ1v) is 8.60. The van der Waals surface area contributed by atoms with Crippen molar-refractivity contribution in [2.75, 3.05) is 7.05 Å². The Morgan fingerprint density at radius 1 is 1.08 bits per heavy atom. The second kappa shape index (κ2) is 7.24. The number of amides is 1. The summed E-state index contributed by atoms with van der Waals surface area (Å²) in [6, 6.07) is 9.59. The third kappa shape index (κ3) is 4.80. The van der Waals surface area contributed by atoms with Crippen LogP contribution in [0.1, 0.15) is 21.5 Å². The molecule has 2 aromatic carbocycles. The average molecular weight is 372 g/mol. The molecule has 9 heteroatoms. The van der Waals surface area contributed by atoms with Crippen molar-refractivity contribution in [1.82, 2.24) is 10.0 Å². The standard InChI is InChI=1S/C16H15F3N2O3S/c1-20-15(22)12-5-7-14(8-6-12)25(23,24)21-10-11-3-2-4-13(9-11)16(17,18)19/h2-9,21H,10H2,1H3,(H,20,22). The van der Waals surface area contributed by atoms with Gasteiger partial charge < -0.3 is 5.32 Å². The minimum absolute atomic E-state index is 0.0906. The van der Waals surface area contributed by atoms with Crippen LogP contribution >= 0.6 is 0 Å². The summed E-state index contributed by atoms with van der Waals surface area (Å²) in [5.41, 5.74) is -0.376. The molecule has 0 saturated carbocycles. The predicted octanol–water partition coefficient (Wildman–Crippen LogP) is 2.54.